The second-order valence-electron chi connectivity index (χ2n) is 5.83. The monoisotopic (exact) mass is 306 g/mol. The van der Waals surface area contributed by atoms with Crippen molar-refractivity contribution in [1.82, 2.24) is 10.2 Å². The van der Waals surface area contributed by atoms with Crippen LogP contribution >= 0.6 is 0 Å². The van der Waals surface area contributed by atoms with E-state index in [0.717, 1.165) is 24.3 Å². The van der Waals surface area contributed by atoms with Crippen molar-refractivity contribution < 1.29 is 14.3 Å². The van der Waals surface area contributed by atoms with Gasteiger partial charge in [0.25, 0.3) is 0 Å². The molecule has 1 amide bonds. The number of carbonyl (C=O) groups is 1. The fourth-order valence-electron chi connectivity index (χ4n) is 2.68. The number of ether oxygens (including phenoxy) is 2. The molecule has 2 atom stereocenters. The number of amides is 1. The van der Waals surface area contributed by atoms with Crippen molar-refractivity contribution in [2.45, 2.75) is 32.4 Å². The fraction of sp³-hybridized carbons (Fsp3) is 0.588. The van der Waals surface area contributed by atoms with E-state index in [-0.39, 0.29) is 18.1 Å². The maximum Gasteiger partial charge on any atom is 0.234 e. The Hall–Kier alpha value is -1.59. The fourth-order valence-corrected chi connectivity index (χ4v) is 2.68. The molecular weight excluding hydrogens is 280 g/mol. The summed E-state index contributed by atoms with van der Waals surface area (Å²) in [7, 11) is 1.67. The number of rotatable bonds is 6. The lowest BCUT2D eigenvalue weighted by atomic mass is 10.1. The third kappa shape index (κ3) is 4.71. The van der Waals surface area contributed by atoms with Crippen molar-refractivity contribution in [3.05, 3.63) is 29.8 Å². The highest BCUT2D eigenvalue weighted by molar-refractivity contribution is 5.78. The molecule has 0 spiro atoms. The Labute approximate surface area is 132 Å². The summed E-state index contributed by atoms with van der Waals surface area (Å²) in [6.45, 7) is 6.68. The largest absolute Gasteiger partial charge is 0.496 e. The Kier molecular flexibility index (Phi) is 6.21. The third-order valence-corrected chi connectivity index (χ3v) is 3.99. The summed E-state index contributed by atoms with van der Waals surface area (Å²) in [4.78, 5) is 14.3. The van der Waals surface area contributed by atoms with Crippen LogP contribution in [0.3, 0.4) is 0 Å². The number of methoxy groups -OCH3 is 1. The van der Waals surface area contributed by atoms with Crippen molar-refractivity contribution in [1.29, 1.82) is 0 Å². The minimum Gasteiger partial charge on any atom is -0.496 e. The molecule has 2 rings (SSSR count). The first-order valence-corrected chi connectivity index (χ1v) is 7.84. The molecule has 122 valence electrons. The van der Waals surface area contributed by atoms with Crippen molar-refractivity contribution in [3.63, 3.8) is 0 Å². The molecule has 1 N–H and O–H groups in total. The summed E-state index contributed by atoms with van der Waals surface area (Å²) in [5.74, 6) is 0.934. The second-order valence-corrected chi connectivity index (χ2v) is 5.83. The van der Waals surface area contributed by atoms with Crippen LogP contribution in [0.1, 0.15) is 19.4 Å². The Morgan fingerprint density at radius 3 is 2.95 bits per heavy atom. The topological polar surface area (TPSA) is 50.8 Å². The Bertz CT molecular complexity index is 493. The molecule has 1 fully saturated rings. The number of hydrogen-bond acceptors (Lipinski definition) is 4. The number of carbonyl (C=O) groups excluding carboxylic acids is 1. The van der Waals surface area contributed by atoms with Gasteiger partial charge in [0.15, 0.2) is 0 Å². The molecule has 1 saturated heterocycles. The van der Waals surface area contributed by atoms with Crippen molar-refractivity contribution in [3.8, 4) is 5.75 Å². The zero-order valence-corrected chi connectivity index (χ0v) is 13.7. The standard InChI is InChI=1S/C17H26N2O3/c1-13-12-22-14(2)10-19(13)11-17(20)18-9-8-15-6-4-5-7-16(15)21-3/h4-7,13-14H,8-12H2,1-3H3,(H,18,20). The SMILES string of the molecule is COc1ccccc1CCNC(=O)CN1CC(C)OCC1C. The van der Waals surface area contributed by atoms with Gasteiger partial charge in [-0.3, -0.25) is 9.69 Å². The van der Waals surface area contributed by atoms with E-state index >= 15 is 0 Å². The van der Waals surface area contributed by atoms with Gasteiger partial charge in [0.2, 0.25) is 5.91 Å². The average Bonchev–Trinajstić information content (AvgIpc) is 2.51. The molecule has 0 aromatic heterocycles. The maximum atomic E-state index is 12.1. The Balaban J connectivity index is 1.76. The summed E-state index contributed by atoms with van der Waals surface area (Å²) in [5.41, 5.74) is 1.11. The van der Waals surface area contributed by atoms with Gasteiger partial charge in [0.05, 0.1) is 26.4 Å². The number of para-hydroxylation sites is 1. The second kappa shape index (κ2) is 8.15. The van der Waals surface area contributed by atoms with Gasteiger partial charge in [-0.1, -0.05) is 18.2 Å². The smallest absolute Gasteiger partial charge is 0.234 e. The molecule has 5 nitrogen and oxygen atoms in total. The Morgan fingerprint density at radius 2 is 2.18 bits per heavy atom. The van der Waals surface area contributed by atoms with Crippen LogP contribution in [0, 0.1) is 0 Å². The third-order valence-electron chi connectivity index (χ3n) is 3.99. The van der Waals surface area contributed by atoms with Crippen LogP contribution in [0.2, 0.25) is 0 Å². The van der Waals surface area contributed by atoms with E-state index in [2.05, 4.69) is 17.1 Å². The minimum absolute atomic E-state index is 0.0656. The van der Waals surface area contributed by atoms with E-state index < -0.39 is 0 Å². The molecule has 1 aliphatic rings. The molecule has 1 aromatic rings. The summed E-state index contributed by atoms with van der Waals surface area (Å²) in [6, 6.07) is 8.18. The van der Waals surface area contributed by atoms with Crippen molar-refractivity contribution in [2.24, 2.45) is 0 Å². The van der Waals surface area contributed by atoms with Gasteiger partial charge < -0.3 is 14.8 Å². The van der Waals surface area contributed by atoms with E-state index in [4.69, 9.17) is 9.47 Å². The molecule has 1 heterocycles. The lowest BCUT2D eigenvalue weighted by molar-refractivity contribution is -0.125. The molecular formula is C17H26N2O3. The molecule has 0 saturated carbocycles. The molecule has 1 aliphatic heterocycles. The minimum atomic E-state index is 0.0656. The first-order chi connectivity index (χ1) is 10.6. The number of morpholine rings is 1. The predicted octanol–water partition coefficient (Wildman–Crippen LogP) is 1.46. The van der Waals surface area contributed by atoms with Crippen molar-refractivity contribution >= 4 is 5.91 Å². The number of benzene rings is 1. The lowest BCUT2D eigenvalue weighted by Crippen LogP contribution is -2.51. The predicted molar refractivity (Wildman–Crippen MR) is 86.2 cm³/mol. The highest BCUT2D eigenvalue weighted by atomic mass is 16.5. The van der Waals surface area contributed by atoms with Gasteiger partial charge >= 0.3 is 0 Å². The van der Waals surface area contributed by atoms with Crippen LogP contribution in [0.4, 0.5) is 0 Å². The van der Waals surface area contributed by atoms with Gasteiger partial charge in [-0.15, -0.1) is 0 Å². The number of hydrogen-bond donors (Lipinski definition) is 1. The first-order valence-electron chi connectivity index (χ1n) is 7.84. The van der Waals surface area contributed by atoms with Crippen LogP contribution in [-0.2, 0) is 16.0 Å². The quantitative estimate of drug-likeness (QED) is 0.864. The summed E-state index contributed by atoms with van der Waals surface area (Å²) < 4.78 is 10.9. The van der Waals surface area contributed by atoms with E-state index in [1.54, 1.807) is 7.11 Å². The van der Waals surface area contributed by atoms with Gasteiger partial charge in [-0.25, -0.2) is 0 Å². The number of nitrogens with zero attached hydrogens (tertiary/aromatic N) is 1. The highest BCUT2D eigenvalue weighted by Crippen LogP contribution is 2.17. The van der Waals surface area contributed by atoms with Crippen LogP contribution in [0.5, 0.6) is 5.75 Å². The highest BCUT2D eigenvalue weighted by Gasteiger charge is 2.24. The summed E-state index contributed by atoms with van der Waals surface area (Å²) >= 11 is 0. The zero-order valence-electron chi connectivity index (χ0n) is 13.7. The van der Waals surface area contributed by atoms with E-state index in [1.807, 2.05) is 31.2 Å². The molecule has 5 heteroatoms. The Morgan fingerprint density at radius 1 is 1.41 bits per heavy atom. The van der Waals surface area contributed by atoms with Crippen LogP contribution < -0.4 is 10.1 Å². The van der Waals surface area contributed by atoms with E-state index in [9.17, 15) is 4.79 Å². The normalized spacial score (nSPS) is 22.3. The number of nitrogens with one attached hydrogen (secondary N) is 1. The molecule has 2 unspecified atom stereocenters. The van der Waals surface area contributed by atoms with Gasteiger partial charge in [0.1, 0.15) is 5.75 Å². The van der Waals surface area contributed by atoms with Gasteiger partial charge in [-0.2, -0.15) is 0 Å². The molecule has 0 radical (unpaired) electrons. The van der Waals surface area contributed by atoms with Crippen LogP contribution in [0.25, 0.3) is 0 Å². The zero-order chi connectivity index (χ0) is 15.9. The summed E-state index contributed by atoms with van der Waals surface area (Å²) in [6.07, 6.45) is 0.961. The molecule has 1 aromatic carbocycles. The molecule has 0 aliphatic carbocycles. The van der Waals surface area contributed by atoms with Gasteiger partial charge in [-0.05, 0) is 31.9 Å². The average molecular weight is 306 g/mol. The molecule has 0 bridgehead atoms. The van der Waals surface area contributed by atoms with Crippen LogP contribution in [0.15, 0.2) is 24.3 Å². The summed E-state index contributed by atoms with van der Waals surface area (Å²) in [5, 5.41) is 2.99. The first kappa shape index (κ1) is 16.8. The maximum absolute atomic E-state index is 12.1. The van der Waals surface area contributed by atoms with Crippen LogP contribution in [-0.4, -0.2) is 56.3 Å². The lowest BCUT2D eigenvalue weighted by Gasteiger charge is -2.36. The van der Waals surface area contributed by atoms with E-state index in [1.165, 1.54) is 0 Å². The van der Waals surface area contributed by atoms with Crippen molar-refractivity contribution in [2.75, 3.05) is 33.4 Å². The molecule has 22 heavy (non-hydrogen) atoms. The van der Waals surface area contributed by atoms with Gasteiger partial charge in [0, 0.05) is 19.1 Å². The van der Waals surface area contributed by atoms with E-state index in [0.29, 0.717) is 19.7 Å².